The maximum atomic E-state index is 12.4. The van der Waals surface area contributed by atoms with Crippen molar-refractivity contribution in [1.29, 1.82) is 0 Å². The first-order valence-corrected chi connectivity index (χ1v) is 8.04. The fourth-order valence-corrected chi connectivity index (χ4v) is 2.50. The Hall–Kier alpha value is -2.04. The lowest BCUT2D eigenvalue weighted by atomic mass is 9.98. The highest BCUT2D eigenvalue weighted by Crippen LogP contribution is 2.19. The molecule has 0 spiro atoms. The van der Waals surface area contributed by atoms with Crippen LogP contribution >= 0.6 is 0 Å². The topological polar surface area (TPSA) is 61.4 Å². The minimum atomic E-state index is -0.217. The molecule has 1 aromatic rings. The zero-order chi connectivity index (χ0) is 15.9. The number of hydrogen-bond acceptors (Lipinski definition) is 2. The van der Waals surface area contributed by atoms with E-state index in [1.54, 1.807) is 24.3 Å². The molecule has 0 aromatic heterocycles. The first-order valence-electron chi connectivity index (χ1n) is 8.04. The van der Waals surface area contributed by atoms with Crippen molar-refractivity contribution in [3.05, 3.63) is 29.8 Å². The minimum Gasteiger partial charge on any atom is -0.339 e. The Morgan fingerprint density at radius 2 is 1.82 bits per heavy atom. The van der Waals surface area contributed by atoms with Crippen molar-refractivity contribution in [2.24, 2.45) is 5.92 Å². The van der Waals surface area contributed by atoms with E-state index < -0.39 is 0 Å². The molecule has 0 radical (unpaired) electrons. The van der Waals surface area contributed by atoms with Gasteiger partial charge in [-0.1, -0.05) is 13.8 Å². The zero-order valence-electron chi connectivity index (χ0n) is 13.4. The van der Waals surface area contributed by atoms with Crippen molar-refractivity contribution < 1.29 is 9.59 Å². The first kappa shape index (κ1) is 16.3. The van der Waals surface area contributed by atoms with Gasteiger partial charge in [-0.2, -0.15) is 0 Å². The largest absolute Gasteiger partial charge is 0.339 e. The SMILES string of the molecule is CCCNC(=O)Nc1ccc(C(=O)N2CCC(C)CC2)cc1. The van der Waals surface area contributed by atoms with Crippen LogP contribution in [0.25, 0.3) is 0 Å². The fourth-order valence-electron chi connectivity index (χ4n) is 2.50. The number of hydrogen-bond donors (Lipinski definition) is 2. The van der Waals surface area contributed by atoms with Crippen molar-refractivity contribution in [1.82, 2.24) is 10.2 Å². The molecule has 1 saturated heterocycles. The van der Waals surface area contributed by atoms with E-state index in [0.29, 0.717) is 23.7 Å². The van der Waals surface area contributed by atoms with Gasteiger partial charge in [-0.3, -0.25) is 4.79 Å². The van der Waals surface area contributed by atoms with Crippen molar-refractivity contribution in [3.8, 4) is 0 Å². The quantitative estimate of drug-likeness (QED) is 0.898. The molecule has 2 N–H and O–H groups in total. The van der Waals surface area contributed by atoms with E-state index in [2.05, 4.69) is 17.6 Å². The number of urea groups is 1. The maximum Gasteiger partial charge on any atom is 0.319 e. The molecule has 120 valence electrons. The normalized spacial score (nSPS) is 15.5. The molecule has 0 saturated carbocycles. The summed E-state index contributed by atoms with van der Waals surface area (Å²) < 4.78 is 0. The molecule has 0 bridgehead atoms. The van der Waals surface area contributed by atoms with E-state index in [0.717, 1.165) is 32.4 Å². The number of amides is 3. The third-order valence-electron chi connectivity index (χ3n) is 4.00. The number of anilines is 1. The van der Waals surface area contributed by atoms with Gasteiger partial charge < -0.3 is 15.5 Å². The second-order valence-electron chi connectivity index (χ2n) is 5.93. The number of nitrogens with zero attached hydrogens (tertiary/aromatic N) is 1. The van der Waals surface area contributed by atoms with Gasteiger partial charge in [-0.25, -0.2) is 4.79 Å². The van der Waals surface area contributed by atoms with E-state index in [9.17, 15) is 9.59 Å². The van der Waals surface area contributed by atoms with Crippen LogP contribution < -0.4 is 10.6 Å². The highest BCUT2D eigenvalue weighted by molar-refractivity contribution is 5.95. The summed E-state index contributed by atoms with van der Waals surface area (Å²) in [4.78, 5) is 25.9. The molecule has 1 aliphatic heterocycles. The van der Waals surface area contributed by atoms with Gasteiger partial charge in [0.1, 0.15) is 0 Å². The molecule has 22 heavy (non-hydrogen) atoms. The van der Waals surface area contributed by atoms with Crippen LogP contribution in [-0.4, -0.2) is 36.5 Å². The predicted molar refractivity (Wildman–Crippen MR) is 88.1 cm³/mol. The summed E-state index contributed by atoms with van der Waals surface area (Å²) in [6.07, 6.45) is 3.04. The van der Waals surface area contributed by atoms with Gasteiger partial charge >= 0.3 is 6.03 Å². The Bertz CT molecular complexity index is 505. The second-order valence-corrected chi connectivity index (χ2v) is 5.93. The number of piperidine rings is 1. The predicted octanol–water partition coefficient (Wildman–Crippen LogP) is 3.09. The smallest absolute Gasteiger partial charge is 0.319 e. The van der Waals surface area contributed by atoms with Gasteiger partial charge in [0.15, 0.2) is 0 Å². The van der Waals surface area contributed by atoms with Crippen molar-refractivity contribution in [2.45, 2.75) is 33.1 Å². The van der Waals surface area contributed by atoms with Crippen LogP contribution in [0.3, 0.4) is 0 Å². The Morgan fingerprint density at radius 1 is 1.18 bits per heavy atom. The van der Waals surface area contributed by atoms with Crippen LogP contribution in [0.2, 0.25) is 0 Å². The maximum absolute atomic E-state index is 12.4. The number of benzene rings is 1. The second kappa shape index (κ2) is 7.82. The number of nitrogens with one attached hydrogen (secondary N) is 2. The van der Waals surface area contributed by atoms with Crippen molar-refractivity contribution in [3.63, 3.8) is 0 Å². The molecule has 1 aliphatic rings. The molecular weight excluding hydrogens is 278 g/mol. The molecular formula is C17H25N3O2. The van der Waals surface area contributed by atoms with Crippen LogP contribution in [0.5, 0.6) is 0 Å². The Morgan fingerprint density at radius 3 is 2.41 bits per heavy atom. The van der Waals surface area contributed by atoms with Crippen molar-refractivity contribution in [2.75, 3.05) is 25.0 Å². The molecule has 0 aliphatic carbocycles. The highest BCUT2D eigenvalue weighted by atomic mass is 16.2. The lowest BCUT2D eigenvalue weighted by molar-refractivity contribution is 0.0697. The lowest BCUT2D eigenvalue weighted by Crippen LogP contribution is -2.37. The molecule has 0 atom stereocenters. The first-order chi connectivity index (χ1) is 10.6. The van der Waals surface area contributed by atoms with Crippen LogP contribution in [0, 0.1) is 5.92 Å². The Kier molecular flexibility index (Phi) is 5.81. The summed E-state index contributed by atoms with van der Waals surface area (Å²) in [5.74, 6) is 0.783. The average molecular weight is 303 g/mol. The molecule has 1 heterocycles. The van der Waals surface area contributed by atoms with E-state index in [1.165, 1.54) is 0 Å². The van der Waals surface area contributed by atoms with Crippen LogP contribution in [0.15, 0.2) is 24.3 Å². The summed E-state index contributed by atoms with van der Waals surface area (Å²) in [5, 5.41) is 5.50. The lowest BCUT2D eigenvalue weighted by Gasteiger charge is -2.30. The van der Waals surface area contributed by atoms with Gasteiger partial charge in [0.25, 0.3) is 5.91 Å². The summed E-state index contributed by atoms with van der Waals surface area (Å²) >= 11 is 0. The molecule has 3 amide bonds. The Balaban J connectivity index is 1.91. The van der Waals surface area contributed by atoms with Gasteiger partial charge in [-0.15, -0.1) is 0 Å². The summed E-state index contributed by atoms with van der Waals surface area (Å²) in [6.45, 7) is 6.54. The third kappa shape index (κ3) is 4.48. The van der Waals surface area contributed by atoms with Gasteiger partial charge in [0.05, 0.1) is 0 Å². The monoisotopic (exact) mass is 303 g/mol. The molecule has 1 aromatic carbocycles. The van der Waals surface area contributed by atoms with E-state index in [1.807, 2.05) is 11.8 Å². The van der Waals surface area contributed by atoms with Gasteiger partial charge in [0.2, 0.25) is 0 Å². The van der Waals surface area contributed by atoms with Crippen LogP contribution in [0.4, 0.5) is 10.5 Å². The van der Waals surface area contributed by atoms with E-state index >= 15 is 0 Å². The van der Waals surface area contributed by atoms with Crippen LogP contribution in [-0.2, 0) is 0 Å². The summed E-state index contributed by atoms with van der Waals surface area (Å²) in [5.41, 5.74) is 1.37. The summed E-state index contributed by atoms with van der Waals surface area (Å²) in [6, 6.07) is 6.87. The highest BCUT2D eigenvalue weighted by Gasteiger charge is 2.21. The number of likely N-dealkylation sites (tertiary alicyclic amines) is 1. The molecule has 2 rings (SSSR count). The molecule has 5 heteroatoms. The average Bonchev–Trinajstić information content (AvgIpc) is 2.54. The zero-order valence-corrected chi connectivity index (χ0v) is 13.4. The number of carbonyl (C=O) groups is 2. The summed E-state index contributed by atoms with van der Waals surface area (Å²) in [7, 11) is 0. The number of rotatable bonds is 4. The van der Waals surface area contributed by atoms with E-state index in [4.69, 9.17) is 0 Å². The molecule has 0 unspecified atom stereocenters. The molecule has 5 nitrogen and oxygen atoms in total. The molecule has 1 fully saturated rings. The van der Waals surface area contributed by atoms with Gasteiger partial charge in [-0.05, 0) is 49.4 Å². The fraction of sp³-hybridized carbons (Fsp3) is 0.529. The number of carbonyl (C=O) groups excluding carboxylic acids is 2. The minimum absolute atomic E-state index is 0.0777. The Labute approximate surface area is 132 Å². The standard InChI is InChI=1S/C17H25N3O2/c1-3-10-18-17(22)19-15-6-4-14(5-7-15)16(21)20-11-8-13(2)9-12-20/h4-7,13H,3,8-12H2,1-2H3,(H2,18,19,22). The van der Waals surface area contributed by atoms with E-state index in [-0.39, 0.29) is 11.9 Å². The van der Waals surface area contributed by atoms with Crippen molar-refractivity contribution >= 4 is 17.6 Å². The third-order valence-corrected chi connectivity index (χ3v) is 4.00. The van der Waals surface area contributed by atoms with Crippen LogP contribution in [0.1, 0.15) is 43.5 Å². The van der Waals surface area contributed by atoms with Gasteiger partial charge in [0, 0.05) is 30.9 Å².